The largest absolute Gasteiger partial charge is 0.507 e. The molecule has 4 rings (SSSR count). The SMILES string of the molecule is CCCCOc1ccc(C(O)=C2C(=O)C(=O)N(Cc3cccnc3)C2c2ccccc2)c(C)c1. The van der Waals surface area contributed by atoms with E-state index in [0.29, 0.717) is 17.9 Å². The van der Waals surface area contributed by atoms with E-state index in [1.165, 1.54) is 4.90 Å². The van der Waals surface area contributed by atoms with E-state index in [1.54, 1.807) is 30.6 Å². The van der Waals surface area contributed by atoms with Gasteiger partial charge in [0.05, 0.1) is 18.2 Å². The lowest BCUT2D eigenvalue weighted by molar-refractivity contribution is -0.140. The van der Waals surface area contributed by atoms with Crippen molar-refractivity contribution in [3.8, 4) is 5.75 Å². The fraction of sp³-hybridized carbons (Fsp3) is 0.250. The molecule has 6 heteroatoms. The number of Topliss-reactive ketones (excluding diaryl/α,β-unsaturated/α-hetero) is 1. The first kappa shape index (κ1) is 23.2. The Balaban J connectivity index is 1.76. The molecule has 0 bridgehead atoms. The van der Waals surface area contributed by atoms with Gasteiger partial charge in [0, 0.05) is 24.5 Å². The fourth-order valence-electron chi connectivity index (χ4n) is 4.18. The number of rotatable bonds is 8. The Morgan fingerprint density at radius 2 is 1.88 bits per heavy atom. The molecule has 0 aliphatic carbocycles. The first-order valence-corrected chi connectivity index (χ1v) is 11.5. The quantitative estimate of drug-likeness (QED) is 0.218. The molecule has 6 nitrogen and oxygen atoms in total. The molecule has 0 saturated carbocycles. The molecule has 1 saturated heterocycles. The van der Waals surface area contributed by atoms with Crippen LogP contribution in [-0.2, 0) is 16.1 Å². The molecule has 1 fully saturated rings. The summed E-state index contributed by atoms with van der Waals surface area (Å²) in [5.74, 6) is -0.813. The second-order valence-corrected chi connectivity index (χ2v) is 8.38. The Morgan fingerprint density at radius 3 is 2.56 bits per heavy atom. The van der Waals surface area contributed by atoms with Crippen LogP contribution >= 0.6 is 0 Å². The molecule has 0 spiro atoms. The Morgan fingerprint density at radius 1 is 1.09 bits per heavy atom. The number of carbonyl (C=O) groups excluding carboxylic acids is 2. The number of ether oxygens (including phenoxy) is 1. The van der Waals surface area contributed by atoms with E-state index in [1.807, 2.05) is 49.4 Å². The number of ketones is 1. The molecule has 3 aromatic rings. The van der Waals surface area contributed by atoms with Crippen LogP contribution in [0, 0.1) is 6.92 Å². The zero-order valence-corrected chi connectivity index (χ0v) is 19.4. The second kappa shape index (κ2) is 10.3. The number of hydrogen-bond donors (Lipinski definition) is 1. The molecule has 1 aromatic heterocycles. The minimum atomic E-state index is -0.707. The van der Waals surface area contributed by atoms with Crippen molar-refractivity contribution in [3.63, 3.8) is 0 Å². The number of carbonyl (C=O) groups is 2. The number of likely N-dealkylation sites (tertiary alicyclic amines) is 1. The minimum Gasteiger partial charge on any atom is -0.507 e. The lowest BCUT2D eigenvalue weighted by atomic mass is 9.94. The topological polar surface area (TPSA) is 79.7 Å². The summed E-state index contributed by atoms with van der Waals surface area (Å²) in [6, 6.07) is 17.6. The van der Waals surface area contributed by atoms with E-state index < -0.39 is 17.7 Å². The monoisotopic (exact) mass is 456 g/mol. The van der Waals surface area contributed by atoms with Crippen molar-refractivity contribution >= 4 is 17.4 Å². The zero-order chi connectivity index (χ0) is 24.1. The number of aryl methyl sites for hydroxylation is 1. The van der Waals surface area contributed by atoms with Crippen LogP contribution in [-0.4, -0.2) is 33.3 Å². The van der Waals surface area contributed by atoms with Crippen molar-refractivity contribution in [2.24, 2.45) is 0 Å². The highest BCUT2D eigenvalue weighted by molar-refractivity contribution is 6.46. The smallest absolute Gasteiger partial charge is 0.295 e. The molecule has 174 valence electrons. The minimum absolute atomic E-state index is 0.0860. The van der Waals surface area contributed by atoms with Crippen LogP contribution in [0.15, 0.2) is 78.6 Å². The summed E-state index contributed by atoms with van der Waals surface area (Å²) in [5.41, 5.74) is 2.90. The summed E-state index contributed by atoms with van der Waals surface area (Å²) in [6.45, 7) is 4.78. The average Bonchev–Trinajstić information content (AvgIpc) is 3.10. The molecule has 1 atom stereocenters. The van der Waals surface area contributed by atoms with Crippen molar-refractivity contribution in [2.45, 2.75) is 39.3 Å². The Bertz CT molecular complexity index is 1210. The number of benzene rings is 2. The molecule has 1 N–H and O–H groups in total. The van der Waals surface area contributed by atoms with E-state index in [-0.39, 0.29) is 17.9 Å². The van der Waals surface area contributed by atoms with E-state index >= 15 is 0 Å². The maximum absolute atomic E-state index is 13.2. The first-order chi connectivity index (χ1) is 16.5. The standard InChI is InChI=1S/C28H28N2O4/c1-3-4-15-34-22-12-13-23(19(2)16-22)26(31)24-25(21-10-6-5-7-11-21)30(28(33)27(24)32)18-20-9-8-14-29-17-20/h5-14,16-17,25,31H,3-4,15,18H2,1-2H3. The van der Waals surface area contributed by atoms with Gasteiger partial charge in [0.1, 0.15) is 11.5 Å². The van der Waals surface area contributed by atoms with Gasteiger partial charge < -0.3 is 14.7 Å². The van der Waals surface area contributed by atoms with Crippen molar-refractivity contribution < 1.29 is 19.4 Å². The van der Waals surface area contributed by atoms with Crippen LogP contribution in [0.1, 0.15) is 48.1 Å². The maximum Gasteiger partial charge on any atom is 0.295 e. The van der Waals surface area contributed by atoms with E-state index in [2.05, 4.69) is 11.9 Å². The number of hydrogen-bond acceptors (Lipinski definition) is 5. The summed E-state index contributed by atoms with van der Waals surface area (Å²) < 4.78 is 5.77. The molecule has 1 unspecified atom stereocenters. The zero-order valence-electron chi connectivity index (χ0n) is 19.4. The molecule has 2 heterocycles. The van der Waals surface area contributed by atoms with Gasteiger partial charge in [-0.25, -0.2) is 0 Å². The van der Waals surface area contributed by atoms with Crippen molar-refractivity contribution in [2.75, 3.05) is 6.61 Å². The van der Waals surface area contributed by atoms with Gasteiger partial charge in [0.15, 0.2) is 0 Å². The summed E-state index contributed by atoms with van der Waals surface area (Å²) in [7, 11) is 0. The third kappa shape index (κ3) is 4.71. The molecular formula is C28H28N2O4. The highest BCUT2D eigenvalue weighted by atomic mass is 16.5. The third-order valence-corrected chi connectivity index (χ3v) is 5.95. The molecule has 34 heavy (non-hydrogen) atoms. The summed E-state index contributed by atoms with van der Waals surface area (Å²) in [4.78, 5) is 31.9. The number of unbranched alkanes of at least 4 members (excludes halogenated alkanes) is 1. The lowest BCUT2D eigenvalue weighted by Crippen LogP contribution is -2.29. The number of amides is 1. The van der Waals surface area contributed by atoms with Gasteiger partial charge in [-0.2, -0.15) is 0 Å². The van der Waals surface area contributed by atoms with Gasteiger partial charge in [-0.15, -0.1) is 0 Å². The van der Waals surface area contributed by atoms with Crippen LogP contribution in [0.2, 0.25) is 0 Å². The Hall–Kier alpha value is -3.93. The lowest BCUT2D eigenvalue weighted by Gasteiger charge is -2.25. The number of aliphatic hydroxyl groups is 1. The first-order valence-electron chi connectivity index (χ1n) is 11.5. The van der Waals surface area contributed by atoms with Crippen LogP contribution in [0.25, 0.3) is 5.76 Å². The maximum atomic E-state index is 13.2. The summed E-state index contributed by atoms with van der Waals surface area (Å²) in [5, 5.41) is 11.3. The number of aromatic nitrogens is 1. The van der Waals surface area contributed by atoms with E-state index in [4.69, 9.17) is 4.74 Å². The van der Waals surface area contributed by atoms with E-state index in [9.17, 15) is 14.7 Å². The fourth-order valence-corrected chi connectivity index (χ4v) is 4.18. The van der Waals surface area contributed by atoms with Gasteiger partial charge in [-0.3, -0.25) is 14.6 Å². The molecule has 1 amide bonds. The van der Waals surface area contributed by atoms with E-state index in [0.717, 1.165) is 29.5 Å². The second-order valence-electron chi connectivity index (χ2n) is 8.38. The third-order valence-electron chi connectivity index (χ3n) is 5.95. The highest BCUT2D eigenvalue weighted by Crippen LogP contribution is 2.40. The van der Waals surface area contributed by atoms with Gasteiger partial charge in [0.25, 0.3) is 11.7 Å². The average molecular weight is 457 g/mol. The van der Waals surface area contributed by atoms with Crippen molar-refractivity contribution in [3.05, 3.63) is 101 Å². The number of pyridine rings is 1. The predicted octanol–water partition coefficient (Wildman–Crippen LogP) is 5.19. The van der Waals surface area contributed by atoms with Crippen LogP contribution in [0.4, 0.5) is 0 Å². The molecular weight excluding hydrogens is 428 g/mol. The van der Waals surface area contributed by atoms with Gasteiger partial charge in [0.2, 0.25) is 0 Å². The molecule has 0 radical (unpaired) electrons. The van der Waals surface area contributed by atoms with Crippen LogP contribution < -0.4 is 4.74 Å². The van der Waals surface area contributed by atoms with Gasteiger partial charge >= 0.3 is 0 Å². The van der Waals surface area contributed by atoms with Gasteiger partial charge in [-0.1, -0.05) is 49.7 Å². The molecule has 2 aromatic carbocycles. The van der Waals surface area contributed by atoms with Crippen molar-refractivity contribution in [1.29, 1.82) is 0 Å². The molecule has 1 aliphatic rings. The van der Waals surface area contributed by atoms with Gasteiger partial charge in [-0.05, 0) is 54.3 Å². The van der Waals surface area contributed by atoms with Crippen molar-refractivity contribution in [1.82, 2.24) is 9.88 Å². The van der Waals surface area contributed by atoms with Crippen LogP contribution in [0.5, 0.6) is 5.75 Å². The molecule has 1 aliphatic heterocycles. The summed E-state index contributed by atoms with van der Waals surface area (Å²) in [6.07, 6.45) is 5.32. The Kier molecular flexibility index (Phi) is 7.07. The summed E-state index contributed by atoms with van der Waals surface area (Å²) >= 11 is 0. The highest BCUT2D eigenvalue weighted by Gasteiger charge is 2.46. The number of aliphatic hydroxyl groups excluding tert-OH is 1. The van der Waals surface area contributed by atoms with Crippen LogP contribution in [0.3, 0.4) is 0 Å². The number of nitrogens with zero attached hydrogens (tertiary/aromatic N) is 2. The Labute approximate surface area is 199 Å². The predicted molar refractivity (Wildman–Crippen MR) is 130 cm³/mol. The normalized spacial score (nSPS) is 17.2.